The van der Waals surface area contributed by atoms with E-state index in [9.17, 15) is 0 Å². The Balaban J connectivity index is 1.65. The topological polar surface area (TPSA) is 88.8 Å². The number of aromatic amines is 1. The number of methoxy groups -OCH3 is 1. The van der Waals surface area contributed by atoms with Crippen LogP contribution in [0.3, 0.4) is 0 Å². The Hall–Kier alpha value is -2.86. The van der Waals surface area contributed by atoms with Crippen molar-refractivity contribution in [3.8, 4) is 5.75 Å². The van der Waals surface area contributed by atoms with E-state index in [0.29, 0.717) is 12.4 Å². The van der Waals surface area contributed by atoms with E-state index in [-0.39, 0.29) is 6.04 Å². The molecule has 1 heterocycles. The van der Waals surface area contributed by atoms with Gasteiger partial charge in [-0.3, -0.25) is 5.10 Å². The number of nitrogens with two attached hydrogens (primary N) is 1. The van der Waals surface area contributed by atoms with Crippen LogP contribution < -0.4 is 15.8 Å². The van der Waals surface area contributed by atoms with Gasteiger partial charge in [-0.05, 0) is 29.8 Å². The normalized spacial score (nSPS) is 11.9. The van der Waals surface area contributed by atoms with Gasteiger partial charge in [-0.15, -0.1) is 0 Å². The Labute approximate surface area is 134 Å². The maximum absolute atomic E-state index is 6.22. The van der Waals surface area contributed by atoms with E-state index in [2.05, 4.69) is 20.5 Å². The third-order valence-electron chi connectivity index (χ3n) is 3.54. The minimum atomic E-state index is -0.373. The number of hydrogen-bond acceptors (Lipinski definition) is 5. The highest BCUT2D eigenvalue weighted by Crippen LogP contribution is 2.19. The van der Waals surface area contributed by atoms with E-state index in [4.69, 9.17) is 10.5 Å². The minimum Gasteiger partial charge on any atom is -0.497 e. The number of para-hydroxylation sites is 1. The van der Waals surface area contributed by atoms with Gasteiger partial charge >= 0.3 is 0 Å². The van der Waals surface area contributed by atoms with Gasteiger partial charge in [-0.1, -0.05) is 30.3 Å². The van der Waals surface area contributed by atoms with Crippen LogP contribution in [0.1, 0.15) is 23.3 Å². The summed E-state index contributed by atoms with van der Waals surface area (Å²) in [5.74, 6) is 2.11. The lowest BCUT2D eigenvalue weighted by molar-refractivity contribution is 0.414. The number of aromatic nitrogens is 3. The average Bonchev–Trinajstić information content (AvgIpc) is 3.09. The minimum absolute atomic E-state index is 0.373. The Bertz CT molecular complexity index is 739. The van der Waals surface area contributed by atoms with Crippen LogP contribution in [0.25, 0.3) is 0 Å². The van der Waals surface area contributed by atoms with Crippen LogP contribution in [0.4, 0.5) is 5.69 Å². The molecule has 23 heavy (non-hydrogen) atoms. The van der Waals surface area contributed by atoms with E-state index in [1.54, 1.807) is 7.11 Å². The predicted molar refractivity (Wildman–Crippen MR) is 89.2 cm³/mol. The predicted octanol–water partition coefficient (Wildman–Crippen LogP) is 2.47. The molecule has 0 bridgehead atoms. The number of anilines is 1. The number of nitrogens with one attached hydrogen (secondary N) is 2. The third kappa shape index (κ3) is 3.67. The molecule has 0 spiro atoms. The average molecular weight is 309 g/mol. The van der Waals surface area contributed by atoms with Crippen molar-refractivity contribution in [2.24, 2.45) is 5.73 Å². The Morgan fingerprint density at radius 3 is 2.57 bits per heavy atom. The standard InChI is InChI=1S/C17H19N5O/c1-23-14-9-7-12(8-10-14)16(18)17-20-15(21-22-17)11-19-13-5-3-2-4-6-13/h2-10,16,19H,11,18H2,1H3,(H,20,21,22)/t16-/m1/s1. The number of rotatable bonds is 6. The van der Waals surface area contributed by atoms with Crippen molar-refractivity contribution in [1.29, 1.82) is 0 Å². The summed E-state index contributed by atoms with van der Waals surface area (Å²) in [5, 5.41) is 10.4. The second kappa shape index (κ2) is 6.93. The third-order valence-corrected chi connectivity index (χ3v) is 3.54. The molecule has 6 nitrogen and oxygen atoms in total. The molecule has 0 aliphatic rings. The quantitative estimate of drug-likeness (QED) is 0.651. The van der Waals surface area contributed by atoms with Gasteiger partial charge in [0.2, 0.25) is 0 Å². The molecule has 1 aromatic heterocycles. The molecule has 2 aromatic carbocycles. The van der Waals surface area contributed by atoms with Gasteiger partial charge in [0.1, 0.15) is 11.6 Å². The van der Waals surface area contributed by atoms with E-state index >= 15 is 0 Å². The SMILES string of the molecule is COc1ccc([C@@H](N)c2n[nH]c(CNc3ccccc3)n2)cc1. The van der Waals surface area contributed by atoms with Crippen LogP contribution in [-0.4, -0.2) is 22.3 Å². The molecule has 1 atom stereocenters. The molecule has 3 aromatic rings. The number of ether oxygens (including phenoxy) is 1. The maximum Gasteiger partial charge on any atom is 0.171 e. The fourth-order valence-corrected chi connectivity index (χ4v) is 2.23. The molecular formula is C17H19N5O. The van der Waals surface area contributed by atoms with Gasteiger partial charge in [0, 0.05) is 5.69 Å². The largest absolute Gasteiger partial charge is 0.497 e. The molecular weight excluding hydrogens is 290 g/mol. The van der Waals surface area contributed by atoms with Crippen molar-refractivity contribution in [3.05, 3.63) is 71.8 Å². The van der Waals surface area contributed by atoms with Crippen molar-refractivity contribution in [2.45, 2.75) is 12.6 Å². The number of nitrogens with zero attached hydrogens (tertiary/aromatic N) is 2. The summed E-state index contributed by atoms with van der Waals surface area (Å²) < 4.78 is 5.15. The first kappa shape index (κ1) is 15.1. The van der Waals surface area contributed by atoms with Crippen molar-refractivity contribution in [1.82, 2.24) is 15.2 Å². The molecule has 0 fully saturated rings. The van der Waals surface area contributed by atoms with Crippen molar-refractivity contribution < 1.29 is 4.74 Å². The molecule has 0 radical (unpaired) electrons. The van der Waals surface area contributed by atoms with E-state index in [1.165, 1.54) is 0 Å². The molecule has 0 aliphatic carbocycles. The first-order valence-electron chi connectivity index (χ1n) is 7.36. The van der Waals surface area contributed by atoms with Crippen molar-refractivity contribution in [3.63, 3.8) is 0 Å². The molecule has 4 N–H and O–H groups in total. The van der Waals surface area contributed by atoms with Gasteiger partial charge < -0.3 is 15.8 Å². The molecule has 3 rings (SSSR count). The zero-order valence-corrected chi connectivity index (χ0v) is 12.9. The van der Waals surface area contributed by atoms with Gasteiger partial charge in [0.15, 0.2) is 5.82 Å². The molecule has 0 saturated carbocycles. The zero-order chi connectivity index (χ0) is 16.1. The summed E-state index contributed by atoms with van der Waals surface area (Å²) in [4.78, 5) is 4.46. The van der Waals surface area contributed by atoms with Crippen LogP contribution in [0, 0.1) is 0 Å². The number of hydrogen-bond donors (Lipinski definition) is 3. The van der Waals surface area contributed by atoms with E-state index in [0.717, 1.165) is 22.8 Å². The van der Waals surface area contributed by atoms with Gasteiger partial charge in [-0.2, -0.15) is 5.10 Å². The highest BCUT2D eigenvalue weighted by atomic mass is 16.5. The molecule has 0 unspecified atom stereocenters. The van der Waals surface area contributed by atoms with Gasteiger partial charge in [0.25, 0.3) is 0 Å². The highest BCUT2D eigenvalue weighted by molar-refractivity contribution is 5.42. The molecule has 0 saturated heterocycles. The maximum atomic E-state index is 6.22. The Kier molecular flexibility index (Phi) is 4.54. The summed E-state index contributed by atoms with van der Waals surface area (Å²) in [6.07, 6.45) is 0. The Morgan fingerprint density at radius 1 is 1.13 bits per heavy atom. The number of benzene rings is 2. The number of H-pyrrole nitrogens is 1. The second-order valence-corrected chi connectivity index (χ2v) is 5.11. The van der Waals surface area contributed by atoms with Crippen LogP contribution in [0.5, 0.6) is 5.75 Å². The lowest BCUT2D eigenvalue weighted by Crippen LogP contribution is -2.13. The molecule has 6 heteroatoms. The Morgan fingerprint density at radius 2 is 1.87 bits per heavy atom. The van der Waals surface area contributed by atoms with Crippen LogP contribution in [0.15, 0.2) is 54.6 Å². The summed E-state index contributed by atoms with van der Waals surface area (Å²) >= 11 is 0. The second-order valence-electron chi connectivity index (χ2n) is 5.11. The van der Waals surface area contributed by atoms with Gasteiger partial charge in [0.05, 0.1) is 19.7 Å². The summed E-state index contributed by atoms with van der Waals surface area (Å²) in [5.41, 5.74) is 8.19. The van der Waals surface area contributed by atoms with E-state index in [1.807, 2.05) is 54.6 Å². The zero-order valence-electron chi connectivity index (χ0n) is 12.9. The van der Waals surface area contributed by atoms with Crippen LogP contribution >= 0.6 is 0 Å². The summed E-state index contributed by atoms with van der Waals surface area (Å²) in [6, 6.07) is 17.2. The monoisotopic (exact) mass is 309 g/mol. The lowest BCUT2D eigenvalue weighted by Gasteiger charge is -2.08. The van der Waals surface area contributed by atoms with Crippen LogP contribution in [0.2, 0.25) is 0 Å². The first-order chi connectivity index (χ1) is 11.3. The van der Waals surface area contributed by atoms with E-state index < -0.39 is 0 Å². The van der Waals surface area contributed by atoms with Gasteiger partial charge in [-0.25, -0.2) is 4.98 Å². The smallest absolute Gasteiger partial charge is 0.171 e. The fraction of sp³-hybridized carbons (Fsp3) is 0.176. The fourth-order valence-electron chi connectivity index (χ4n) is 2.23. The molecule has 118 valence electrons. The lowest BCUT2D eigenvalue weighted by atomic mass is 10.1. The summed E-state index contributed by atoms with van der Waals surface area (Å²) in [6.45, 7) is 0.562. The van der Waals surface area contributed by atoms with Crippen molar-refractivity contribution in [2.75, 3.05) is 12.4 Å². The molecule has 0 aliphatic heterocycles. The summed E-state index contributed by atoms with van der Waals surface area (Å²) in [7, 11) is 1.64. The molecule has 0 amide bonds. The highest BCUT2D eigenvalue weighted by Gasteiger charge is 2.14. The van der Waals surface area contributed by atoms with Crippen molar-refractivity contribution >= 4 is 5.69 Å². The van der Waals surface area contributed by atoms with Crippen LogP contribution in [-0.2, 0) is 6.54 Å². The first-order valence-corrected chi connectivity index (χ1v) is 7.36.